The Morgan fingerprint density at radius 1 is 1.08 bits per heavy atom. The third kappa shape index (κ3) is 5.05. The van der Waals surface area contributed by atoms with E-state index in [0.29, 0.717) is 35.3 Å². The molecule has 136 valence electrons. The Morgan fingerprint density at radius 2 is 1.84 bits per heavy atom. The minimum absolute atomic E-state index is 0.172. The summed E-state index contributed by atoms with van der Waals surface area (Å²) in [6.07, 6.45) is 11.0. The molecule has 6 heteroatoms. The summed E-state index contributed by atoms with van der Waals surface area (Å²) in [4.78, 5) is 8.89. The average Bonchev–Trinajstić information content (AvgIpc) is 2.81. The zero-order chi connectivity index (χ0) is 17.6. The molecule has 1 aromatic rings. The first-order chi connectivity index (χ1) is 12.1. The molecule has 0 radical (unpaired) electrons. The van der Waals surface area contributed by atoms with E-state index in [1.165, 1.54) is 19.3 Å². The van der Waals surface area contributed by atoms with E-state index in [1.54, 1.807) is 6.20 Å². The third-order valence-electron chi connectivity index (χ3n) is 5.47. The third-order valence-corrected chi connectivity index (χ3v) is 5.47. The molecule has 3 N–H and O–H groups in total. The Balaban J connectivity index is 1.68. The van der Waals surface area contributed by atoms with E-state index in [1.807, 2.05) is 0 Å². The number of nitrogens with zero attached hydrogens (tertiary/aromatic N) is 3. The van der Waals surface area contributed by atoms with Gasteiger partial charge >= 0.3 is 0 Å². The maximum absolute atomic E-state index is 9.63. The van der Waals surface area contributed by atoms with Crippen LogP contribution in [0.15, 0.2) is 6.20 Å². The lowest BCUT2D eigenvalue weighted by molar-refractivity contribution is 0.126. The van der Waals surface area contributed by atoms with Gasteiger partial charge in [-0.05, 0) is 44.4 Å². The van der Waals surface area contributed by atoms with Crippen LogP contribution < -0.4 is 10.6 Å². The van der Waals surface area contributed by atoms with E-state index in [4.69, 9.17) is 0 Å². The minimum atomic E-state index is -0.172. The fourth-order valence-electron chi connectivity index (χ4n) is 3.98. The summed E-state index contributed by atoms with van der Waals surface area (Å²) in [5, 5.41) is 25.9. The van der Waals surface area contributed by atoms with Crippen molar-refractivity contribution in [3.05, 3.63) is 11.8 Å². The van der Waals surface area contributed by atoms with Crippen LogP contribution in [-0.4, -0.2) is 33.3 Å². The van der Waals surface area contributed by atoms with Gasteiger partial charge in [-0.2, -0.15) is 10.2 Å². The van der Waals surface area contributed by atoms with Crippen LogP contribution in [0.2, 0.25) is 0 Å². The first-order valence-electron chi connectivity index (χ1n) is 9.62. The Labute approximate surface area is 150 Å². The molecule has 0 aromatic carbocycles. The van der Waals surface area contributed by atoms with Gasteiger partial charge in [0.25, 0.3) is 0 Å². The van der Waals surface area contributed by atoms with Crippen LogP contribution in [0.5, 0.6) is 0 Å². The summed E-state index contributed by atoms with van der Waals surface area (Å²) in [6, 6.07) is 2.87. The number of aromatic nitrogens is 2. The second kappa shape index (κ2) is 8.48. The number of hydrogen-bond donors (Lipinski definition) is 3. The molecule has 2 fully saturated rings. The average molecular weight is 343 g/mol. The lowest BCUT2D eigenvalue weighted by Gasteiger charge is -2.26. The first-order valence-corrected chi connectivity index (χ1v) is 9.62. The summed E-state index contributed by atoms with van der Waals surface area (Å²) in [5.41, 5.74) is 0.501. The summed E-state index contributed by atoms with van der Waals surface area (Å²) in [5.74, 6) is 1.93. The van der Waals surface area contributed by atoms with E-state index >= 15 is 0 Å². The van der Waals surface area contributed by atoms with Gasteiger partial charge in [-0.25, -0.2) is 4.98 Å². The smallest absolute Gasteiger partial charge is 0.224 e. The van der Waals surface area contributed by atoms with Gasteiger partial charge in [0.05, 0.1) is 12.3 Å². The molecule has 0 spiro atoms. The number of rotatable bonds is 4. The molecule has 0 unspecified atom stereocenters. The highest BCUT2D eigenvalue weighted by Gasteiger charge is 2.22. The van der Waals surface area contributed by atoms with Crippen molar-refractivity contribution >= 4 is 11.8 Å². The molecule has 25 heavy (non-hydrogen) atoms. The zero-order valence-electron chi connectivity index (χ0n) is 15.0. The van der Waals surface area contributed by atoms with Gasteiger partial charge < -0.3 is 15.7 Å². The van der Waals surface area contributed by atoms with Crippen LogP contribution in [0.1, 0.15) is 70.3 Å². The zero-order valence-corrected chi connectivity index (χ0v) is 15.0. The normalized spacial score (nSPS) is 30.1. The van der Waals surface area contributed by atoms with Gasteiger partial charge in [0.1, 0.15) is 17.5 Å². The van der Waals surface area contributed by atoms with E-state index < -0.39 is 0 Å². The number of aliphatic hydroxyl groups is 1. The molecule has 0 amide bonds. The molecule has 0 saturated heterocycles. The SMILES string of the molecule is C[C@H]1CCCC[C@@H](Nc2nc(NC3CCC(O)CC3)ncc2C#N)C1. The van der Waals surface area contributed by atoms with Gasteiger partial charge in [0, 0.05) is 12.1 Å². The number of nitriles is 1. The molecule has 1 aromatic heterocycles. The number of nitrogens with one attached hydrogen (secondary N) is 2. The van der Waals surface area contributed by atoms with E-state index in [0.717, 1.165) is 38.5 Å². The van der Waals surface area contributed by atoms with Gasteiger partial charge in [-0.15, -0.1) is 0 Å². The van der Waals surface area contributed by atoms with Crippen molar-refractivity contribution in [3.63, 3.8) is 0 Å². The molecule has 2 aliphatic rings. The van der Waals surface area contributed by atoms with Crippen molar-refractivity contribution in [2.45, 2.75) is 82.9 Å². The Kier molecular flexibility index (Phi) is 6.09. The highest BCUT2D eigenvalue weighted by Crippen LogP contribution is 2.26. The van der Waals surface area contributed by atoms with Gasteiger partial charge in [0.15, 0.2) is 0 Å². The highest BCUT2D eigenvalue weighted by atomic mass is 16.3. The van der Waals surface area contributed by atoms with Crippen LogP contribution in [0.4, 0.5) is 11.8 Å². The Morgan fingerprint density at radius 3 is 2.60 bits per heavy atom. The van der Waals surface area contributed by atoms with Crippen molar-refractivity contribution in [2.24, 2.45) is 5.92 Å². The summed E-state index contributed by atoms with van der Waals surface area (Å²) in [7, 11) is 0. The van der Waals surface area contributed by atoms with Crippen LogP contribution in [0, 0.1) is 17.2 Å². The van der Waals surface area contributed by atoms with E-state index in [-0.39, 0.29) is 6.10 Å². The van der Waals surface area contributed by atoms with Crippen LogP contribution >= 0.6 is 0 Å². The second-order valence-electron chi connectivity index (χ2n) is 7.68. The van der Waals surface area contributed by atoms with Crippen molar-refractivity contribution in [1.82, 2.24) is 9.97 Å². The number of aliphatic hydroxyl groups excluding tert-OH is 1. The van der Waals surface area contributed by atoms with Crippen molar-refractivity contribution < 1.29 is 5.11 Å². The summed E-state index contributed by atoms with van der Waals surface area (Å²) >= 11 is 0. The monoisotopic (exact) mass is 343 g/mol. The fourth-order valence-corrected chi connectivity index (χ4v) is 3.98. The number of hydrogen-bond acceptors (Lipinski definition) is 6. The molecule has 2 saturated carbocycles. The van der Waals surface area contributed by atoms with Crippen molar-refractivity contribution in [1.29, 1.82) is 5.26 Å². The molecule has 2 aliphatic carbocycles. The minimum Gasteiger partial charge on any atom is -0.393 e. The van der Waals surface area contributed by atoms with E-state index in [2.05, 4.69) is 33.6 Å². The molecular weight excluding hydrogens is 314 g/mol. The molecular formula is C19H29N5O. The van der Waals surface area contributed by atoms with Crippen LogP contribution in [-0.2, 0) is 0 Å². The van der Waals surface area contributed by atoms with E-state index in [9.17, 15) is 10.4 Å². The highest BCUT2D eigenvalue weighted by molar-refractivity contribution is 5.54. The topological polar surface area (TPSA) is 93.9 Å². The summed E-state index contributed by atoms with van der Waals surface area (Å²) in [6.45, 7) is 2.30. The largest absolute Gasteiger partial charge is 0.393 e. The first kappa shape index (κ1) is 17.9. The van der Waals surface area contributed by atoms with Crippen molar-refractivity contribution in [2.75, 3.05) is 10.6 Å². The molecule has 1 heterocycles. The molecule has 0 aliphatic heterocycles. The molecule has 0 bridgehead atoms. The number of anilines is 2. The molecule has 6 nitrogen and oxygen atoms in total. The second-order valence-corrected chi connectivity index (χ2v) is 7.68. The quantitative estimate of drug-likeness (QED) is 0.725. The molecule has 3 rings (SSSR count). The van der Waals surface area contributed by atoms with Gasteiger partial charge in [0.2, 0.25) is 5.95 Å². The van der Waals surface area contributed by atoms with Crippen molar-refractivity contribution in [3.8, 4) is 6.07 Å². The van der Waals surface area contributed by atoms with Crippen LogP contribution in [0.3, 0.4) is 0 Å². The summed E-state index contributed by atoms with van der Waals surface area (Å²) < 4.78 is 0. The van der Waals surface area contributed by atoms with Crippen LogP contribution in [0.25, 0.3) is 0 Å². The lowest BCUT2D eigenvalue weighted by atomic mass is 9.93. The Hall–Kier alpha value is -1.87. The predicted octanol–water partition coefficient (Wildman–Crippen LogP) is 3.44. The fraction of sp³-hybridized carbons (Fsp3) is 0.737. The maximum Gasteiger partial charge on any atom is 0.224 e. The maximum atomic E-state index is 9.63. The van der Waals surface area contributed by atoms with Gasteiger partial charge in [-0.1, -0.05) is 26.2 Å². The predicted molar refractivity (Wildman–Crippen MR) is 98.3 cm³/mol. The lowest BCUT2D eigenvalue weighted by Crippen LogP contribution is -2.29. The molecule has 2 atom stereocenters. The standard InChI is InChI=1S/C19H29N5O/c1-13-4-2-3-5-16(10-13)22-18-14(11-20)12-21-19(24-18)23-15-6-8-17(25)9-7-15/h12-13,15-17,25H,2-10H2,1H3,(H2,21,22,23,24)/t13-,15?,16+,17?/m0/s1. The Bertz CT molecular complexity index is 606. The van der Waals surface area contributed by atoms with Gasteiger partial charge in [-0.3, -0.25) is 0 Å².